The monoisotopic (exact) mass is 310 g/mol. The van der Waals surface area contributed by atoms with Crippen molar-refractivity contribution >= 4 is 5.91 Å². The highest BCUT2D eigenvalue weighted by Gasteiger charge is 2.31. The van der Waals surface area contributed by atoms with Crippen molar-refractivity contribution in [2.45, 2.75) is 33.7 Å². The van der Waals surface area contributed by atoms with Crippen molar-refractivity contribution < 1.29 is 18.3 Å². The zero-order valence-electron chi connectivity index (χ0n) is 13.1. The van der Waals surface area contributed by atoms with Gasteiger partial charge < -0.3 is 10.1 Å². The van der Waals surface area contributed by atoms with Crippen LogP contribution in [0.2, 0.25) is 0 Å². The van der Waals surface area contributed by atoms with Crippen LogP contribution in [0.4, 0.5) is 8.78 Å². The van der Waals surface area contributed by atoms with Crippen molar-refractivity contribution in [3.8, 4) is 11.8 Å². The Hall–Kier alpha value is -2.16. The molecule has 0 aromatic heterocycles. The molecule has 0 radical (unpaired) electrons. The maximum atomic E-state index is 13.4. The minimum absolute atomic E-state index is 0.0333. The first-order valence-corrected chi connectivity index (χ1v) is 6.93. The summed E-state index contributed by atoms with van der Waals surface area (Å²) in [6, 6.07) is 4.43. The first kappa shape index (κ1) is 17.9. The molecule has 6 heteroatoms. The number of hydrogen-bond acceptors (Lipinski definition) is 3. The lowest BCUT2D eigenvalue weighted by Gasteiger charge is -2.25. The van der Waals surface area contributed by atoms with Gasteiger partial charge in [-0.1, -0.05) is 20.8 Å². The summed E-state index contributed by atoms with van der Waals surface area (Å²) in [5, 5.41) is 11.7. The van der Waals surface area contributed by atoms with Crippen LogP contribution in [-0.4, -0.2) is 18.6 Å². The fraction of sp³-hybridized carbons (Fsp3) is 0.500. The lowest BCUT2D eigenvalue weighted by atomic mass is 9.81. The van der Waals surface area contributed by atoms with Crippen molar-refractivity contribution in [2.75, 3.05) is 6.61 Å². The second-order valence-electron chi connectivity index (χ2n) is 6.22. The van der Waals surface area contributed by atoms with E-state index in [0.717, 1.165) is 18.2 Å². The molecule has 0 fully saturated rings. The lowest BCUT2D eigenvalue weighted by molar-refractivity contribution is -0.126. The van der Waals surface area contributed by atoms with E-state index < -0.39 is 34.9 Å². The maximum absolute atomic E-state index is 13.4. The molecule has 22 heavy (non-hydrogen) atoms. The number of halogens is 2. The highest BCUT2D eigenvalue weighted by atomic mass is 19.1. The largest absolute Gasteiger partial charge is 0.488 e. The molecule has 1 rings (SSSR count). The number of carbonyl (C=O) groups is 1. The van der Waals surface area contributed by atoms with Crippen LogP contribution in [0.3, 0.4) is 0 Å². The van der Waals surface area contributed by atoms with Crippen molar-refractivity contribution in [3.63, 3.8) is 0 Å². The molecule has 0 aliphatic carbocycles. The van der Waals surface area contributed by atoms with E-state index in [1.54, 1.807) is 27.7 Å². The normalized spacial score (nSPS) is 13.9. The topological polar surface area (TPSA) is 62.1 Å². The van der Waals surface area contributed by atoms with Gasteiger partial charge >= 0.3 is 0 Å². The number of rotatable bonds is 5. The zero-order valence-corrected chi connectivity index (χ0v) is 13.1. The fourth-order valence-electron chi connectivity index (χ4n) is 1.82. The summed E-state index contributed by atoms with van der Waals surface area (Å²) < 4.78 is 31.6. The predicted octanol–water partition coefficient (Wildman–Crippen LogP) is 3.03. The van der Waals surface area contributed by atoms with Gasteiger partial charge in [0.15, 0.2) is 11.6 Å². The predicted molar refractivity (Wildman–Crippen MR) is 78.0 cm³/mol. The first-order chi connectivity index (χ1) is 10.1. The van der Waals surface area contributed by atoms with Gasteiger partial charge in [-0.3, -0.25) is 4.79 Å². The van der Waals surface area contributed by atoms with Gasteiger partial charge in [0.1, 0.15) is 18.3 Å². The lowest BCUT2D eigenvalue weighted by Crippen LogP contribution is -2.43. The second-order valence-corrected chi connectivity index (χ2v) is 6.22. The number of nitriles is 1. The number of carbonyl (C=O) groups excluding carboxylic acids is 1. The van der Waals surface area contributed by atoms with Crippen LogP contribution in [-0.2, 0) is 4.79 Å². The standard InChI is InChI=1S/C16H20F2N2O2/c1-10(20-15(21)12(8-19)16(2,3)4)9-22-14-7-11(17)5-6-13(14)18/h5-7,10,12H,9H2,1-4H3,(H,20,21)/t10-,12+/m0/s1. The molecule has 0 aliphatic heterocycles. The number of hydrogen-bond donors (Lipinski definition) is 1. The third kappa shape index (κ3) is 4.99. The van der Waals surface area contributed by atoms with Gasteiger partial charge in [0.25, 0.3) is 0 Å². The SMILES string of the molecule is C[C@@H](COc1cc(F)ccc1F)NC(=O)[C@@H](C#N)C(C)(C)C. The molecule has 0 bridgehead atoms. The summed E-state index contributed by atoms with van der Waals surface area (Å²) in [7, 11) is 0. The molecule has 2 atom stereocenters. The molecule has 0 spiro atoms. The summed E-state index contributed by atoms with van der Waals surface area (Å²) in [4.78, 5) is 12.0. The molecular weight excluding hydrogens is 290 g/mol. The minimum atomic E-state index is -0.805. The summed E-state index contributed by atoms with van der Waals surface area (Å²) in [6.07, 6.45) is 0. The number of nitrogens with one attached hydrogen (secondary N) is 1. The highest BCUT2D eigenvalue weighted by molar-refractivity contribution is 5.82. The van der Waals surface area contributed by atoms with Crippen molar-refractivity contribution in [1.82, 2.24) is 5.32 Å². The first-order valence-electron chi connectivity index (χ1n) is 6.93. The highest BCUT2D eigenvalue weighted by Crippen LogP contribution is 2.25. The third-order valence-corrected chi connectivity index (χ3v) is 3.03. The molecule has 0 saturated heterocycles. The smallest absolute Gasteiger partial charge is 0.238 e. The Morgan fingerprint density at radius 1 is 1.41 bits per heavy atom. The van der Waals surface area contributed by atoms with Gasteiger partial charge in [-0.2, -0.15) is 5.26 Å². The molecule has 0 aliphatic rings. The van der Waals surface area contributed by atoms with Crippen LogP contribution < -0.4 is 10.1 Å². The fourth-order valence-corrected chi connectivity index (χ4v) is 1.82. The summed E-state index contributed by atoms with van der Waals surface area (Å²) in [5.41, 5.74) is -0.492. The van der Waals surface area contributed by atoms with E-state index in [1.807, 2.05) is 6.07 Å². The van der Waals surface area contributed by atoms with Crippen LogP contribution in [0.5, 0.6) is 5.75 Å². The maximum Gasteiger partial charge on any atom is 0.238 e. The molecule has 1 amide bonds. The third-order valence-electron chi connectivity index (χ3n) is 3.03. The summed E-state index contributed by atoms with van der Waals surface area (Å²) >= 11 is 0. The molecule has 1 aromatic rings. The average Bonchev–Trinajstić information content (AvgIpc) is 2.38. The van der Waals surface area contributed by atoms with Crippen LogP contribution in [0.1, 0.15) is 27.7 Å². The molecule has 0 heterocycles. The minimum Gasteiger partial charge on any atom is -0.488 e. The molecule has 1 aromatic carbocycles. The molecule has 4 nitrogen and oxygen atoms in total. The van der Waals surface area contributed by atoms with Gasteiger partial charge in [-0.05, 0) is 24.5 Å². The average molecular weight is 310 g/mol. The van der Waals surface area contributed by atoms with E-state index in [4.69, 9.17) is 10.00 Å². The number of ether oxygens (including phenoxy) is 1. The van der Waals surface area contributed by atoms with Gasteiger partial charge in [-0.15, -0.1) is 0 Å². The molecule has 120 valence electrons. The molecule has 1 N–H and O–H groups in total. The Bertz CT molecular complexity index is 576. The number of nitrogens with zero attached hydrogens (tertiary/aromatic N) is 1. The van der Waals surface area contributed by atoms with E-state index in [9.17, 15) is 13.6 Å². The van der Waals surface area contributed by atoms with E-state index in [2.05, 4.69) is 5.32 Å². The Balaban J connectivity index is 2.60. The van der Waals surface area contributed by atoms with Crippen LogP contribution in [0.15, 0.2) is 18.2 Å². The van der Waals surface area contributed by atoms with E-state index >= 15 is 0 Å². The van der Waals surface area contributed by atoms with E-state index in [-0.39, 0.29) is 12.4 Å². The quantitative estimate of drug-likeness (QED) is 0.909. The van der Waals surface area contributed by atoms with Crippen LogP contribution in [0.25, 0.3) is 0 Å². The van der Waals surface area contributed by atoms with E-state index in [1.165, 1.54) is 0 Å². The Labute approximate surface area is 129 Å². The number of benzene rings is 1. The molecule has 0 saturated carbocycles. The zero-order chi connectivity index (χ0) is 16.9. The van der Waals surface area contributed by atoms with E-state index in [0.29, 0.717) is 0 Å². The van der Waals surface area contributed by atoms with Gasteiger partial charge in [-0.25, -0.2) is 8.78 Å². The Morgan fingerprint density at radius 2 is 2.05 bits per heavy atom. The van der Waals surface area contributed by atoms with Crippen LogP contribution in [0, 0.1) is 34.3 Å². The van der Waals surface area contributed by atoms with Gasteiger partial charge in [0.05, 0.1) is 12.1 Å². The van der Waals surface area contributed by atoms with Gasteiger partial charge in [0, 0.05) is 6.07 Å². The van der Waals surface area contributed by atoms with Crippen LogP contribution >= 0.6 is 0 Å². The van der Waals surface area contributed by atoms with Gasteiger partial charge in [0.2, 0.25) is 5.91 Å². The van der Waals surface area contributed by atoms with Crippen molar-refractivity contribution in [2.24, 2.45) is 11.3 Å². The van der Waals surface area contributed by atoms with Crippen molar-refractivity contribution in [1.29, 1.82) is 5.26 Å². The Morgan fingerprint density at radius 3 is 2.59 bits per heavy atom. The summed E-state index contributed by atoms with van der Waals surface area (Å²) in [6.45, 7) is 7.01. The number of amides is 1. The molecule has 0 unspecified atom stereocenters. The summed E-state index contributed by atoms with van der Waals surface area (Å²) in [5.74, 6) is -2.71. The Kier molecular flexibility index (Phi) is 5.86. The molecular formula is C16H20F2N2O2. The second kappa shape index (κ2) is 7.21. The van der Waals surface area contributed by atoms with Crippen molar-refractivity contribution in [3.05, 3.63) is 29.8 Å².